The average Bonchev–Trinajstić information content (AvgIpc) is 2.70. The molecule has 0 saturated carbocycles. The van der Waals surface area contributed by atoms with E-state index in [0.717, 1.165) is 13.0 Å². The van der Waals surface area contributed by atoms with Crippen LogP contribution in [0.4, 0.5) is 10.3 Å². The lowest BCUT2D eigenvalue weighted by Crippen LogP contribution is -2.27. The van der Waals surface area contributed by atoms with Crippen LogP contribution in [0, 0.1) is 5.82 Å². The van der Waals surface area contributed by atoms with Crippen LogP contribution in [-0.2, 0) is 6.42 Å². The first kappa shape index (κ1) is 19.0. The van der Waals surface area contributed by atoms with E-state index in [0.29, 0.717) is 30.2 Å². The number of anilines is 1. The van der Waals surface area contributed by atoms with Gasteiger partial charge in [-0.2, -0.15) is 0 Å². The van der Waals surface area contributed by atoms with Crippen molar-refractivity contribution in [1.82, 2.24) is 15.3 Å². The number of nitrogens with one attached hydrogen (secondary N) is 2. The molecule has 0 unspecified atom stereocenters. The zero-order chi connectivity index (χ0) is 18.9. The summed E-state index contributed by atoms with van der Waals surface area (Å²) >= 11 is 0. The smallest absolute Gasteiger partial charge is 0.270 e. The highest BCUT2D eigenvalue weighted by molar-refractivity contribution is 5.92. The molecule has 1 aliphatic carbocycles. The van der Waals surface area contributed by atoms with Crippen molar-refractivity contribution in [3.8, 4) is 0 Å². The highest BCUT2D eigenvalue weighted by Crippen LogP contribution is 2.19. The number of carbonyl (C=O) groups excluding carboxylic acids is 1. The first-order chi connectivity index (χ1) is 13.2. The number of allylic oxidation sites excluding steroid dienone is 1. The Balaban J connectivity index is 1.46. The monoisotopic (exact) mass is 368 g/mol. The number of hydrogen-bond donors (Lipinski definition) is 2. The minimum absolute atomic E-state index is 0.256. The van der Waals surface area contributed by atoms with Gasteiger partial charge in [0.1, 0.15) is 11.5 Å². The Bertz CT molecular complexity index is 806. The normalized spacial score (nSPS) is 13.7. The largest absolute Gasteiger partial charge is 0.354 e. The quantitative estimate of drug-likeness (QED) is 0.694. The minimum atomic E-state index is -0.285. The molecule has 1 aliphatic rings. The third-order valence-electron chi connectivity index (χ3n) is 4.64. The van der Waals surface area contributed by atoms with E-state index in [9.17, 15) is 9.18 Å². The summed E-state index contributed by atoms with van der Waals surface area (Å²) in [6.45, 7) is 1.10. The van der Waals surface area contributed by atoms with Gasteiger partial charge >= 0.3 is 0 Å². The lowest BCUT2D eigenvalue weighted by molar-refractivity contribution is 0.0949. The van der Waals surface area contributed by atoms with Crippen LogP contribution in [-0.4, -0.2) is 29.0 Å². The molecule has 1 aromatic carbocycles. The summed E-state index contributed by atoms with van der Waals surface area (Å²) in [6.07, 6.45) is 10.2. The Kier molecular flexibility index (Phi) is 6.90. The fraction of sp³-hybridized carbons (Fsp3) is 0.381. The zero-order valence-corrected chi connectivity index (χ0v) is 15.4. The number of benzene rings is 1. The van der Waals surface area contributed by atoms with Crippen molar-refractivity contribution < 1.29 is 9.18 Å². The number of carbonyl (C=O) groups is 1. The lowest BCUT2D eigenvalue weighted by atomic mass is 9.97. The Morgan fingerprint density at radius 1 is 1.11 bits per heavy atom. The first-order valence-corrected chi connectivity index (χ1v) is 9.49. The second-order valence-corrected chi connectivity index (χ2v) is 6.65. The van der Waals surface area contributed by atoms with Crippen LogP contribution in [0.1, 0.15) is 48.2 Å². The molecule has 0 radical (unpaired) electrons. The lowest BCUT2D eigenvalue weighted by Gasteiger charge is -2.13. The van der Waals surface area contributed by atoms with Crippen molar-refractivity contribution in [2.24, 2.45) is 0 Å². The van der Waals surface area contributed by atoms with Gasteiger partial charge in [0.15, 0.2) is 0 Å². The number of nitrogens with zero attached hydrogens (tertiary/aromatic N) is 2. The molecule has 142 valence electrons. The molecule has 1 amide bonds. The number of amides is 1. The Labute approximate surface area is 159 Å². The number of rotatable bonds is 8. The molecule has 5 nitrogen and oxygen atoms in total. The van der Waals surface area contributed by atoms with Crippen molar-refractivity contribution in [1.29, 1.82) is 0 Å². The Morgan fingerprint density at radius 3 is 2.81 bits per heavy atom. The van der Waals surface area contributed by atoms with Crippen LogP contribution in [0.15, 0.2) is 48.2 Å². The first-order valence-electron chi connectivity index (χ1n) is 9.49. The van der Waals surface area contributed by atoms with Gasteiger partial charge in [-0.3, -0.25) is 4.79 Å². The van der Waals surface area contributed by atoms with Gasteiger partial charge in [-0.05, 0) is 56.2 Å². The van der Waals surface area contributed by atoms with Crippen molar-refractivity contribution in [3.63, 3.8) is 0 Å². The molecule has 0 atom stereocenters. The van der Waals surface area contributed by atoms with Crippen molar-refractivity contribution >= 4 is 11.9 Å². The molecular weight excluding hydrogens is 343 g/mol. The van der Waals surface area contributed by atoms with Crippen LogP contribution < -0.4 is 10.6 Å². The topological polar surface area (TPSA) is 66.9 Å². The Morgan fingerprint density at radius 2 is 2.00 bits per heavy atom. The summed E-state index contributed by atoms with van der Waals surface area (Å²) in [6, 6.07) is 8.15. The van der Waals surface area contributed by atoms with E-state index in [4.69, 9.17) is 0 Å². The summed E-state index contributed by atoms with van der Waals surface area (Å²) in [5.74, 6) is -0.0895. The number of halogens is 1. The molecule has 0 saturated heterocycles. The van der Waals surface area contributed by atoms with E-state index < -0.39 is 0 Å². The fourth-order valence-electron chi connectivity index (χ4n) is 3.14. The van der Waals surface area contributed by atoms with Gasteiger partial charge in [0.05, 0.1) is 0 Å². The van der Waals surface area contributed by atoms with E-state index in [-0.39, 0.29) is 11.7 Å². The van der Waals surface area contributed by atoms with Gasteiger partial charge < -0.3 is 10.6 Å². The molecule has 2 aromatic rings. The molecule has 0 fully saturated rings. The Hall–Kier alpha value is -2.76. The molecule has 0 aliphatic heterocycles. The highest BCUT2D eigenvalue weighted by Gasteiger charge is 2.09. The van der Waals surface area contributed by atoms with Gasteiger partial charge in [0, 0.05) is 19.3 Å². The molecule has 1 aromatic heterocycles. The van der Waals surface area contributed by atoms with E-state index in [1.165, 1.54) is 37.3 Å². The second kappa shape index (κ2) is 9.80. The van der Waals surface area contributed by atoms with E-state index in [1.54, 1.807) is 30.5 Å². The highest BCUT2D eigenvalue weighted by atomic mass is 19.1. The SMILES string of the molecule is O=C(NCCc1ccccc1F)c1ccnc(NCCC2=CCCCC2)n1. The second-order valence-electron chi connectivity index (χ2n) is 6.65. The number of hydrogen-bond acceptors (Lipinski definition) is 4. The maximum absolute atomic E-state index is 13.6. The van der Waals surface area contributed by atoms with Crippen molar-refractivity contribution in [2.75, 3.05) is 18.4 Å². The molecule has 27 heavy (non-hydrogen) atoms. The summed E-state index contributed by atoms with van der Waals surface area (Å²) in [5, 5.41) is 5.96. The van der Waals surface area contributed by atoms with Crippen LogP contribution in [0.2, 0.25) is 0 Å². The maximum atomic E-state index is 13.6. The summed E-state index contributed by atoms with van der Waals surface area (Å²) in [5.41, 5.74) is 2.37. The number of aromatic nitrogens is 2. The van der Waals surface area contributed by atoms with Gasteiger partial charge in [-0.15, -0.1) is 0 Å². The van der Waals surface area contributed by atoms with Gasteiger partial charge in [0.2, 0.25) is 5.95 Å². The third-order valence-corrected chi connectivity index (χ3v) is 4.64. The molecular formula is C21H25FN4O. The van der Waals surface area contributed by atoms with Gasteiger partial charge in [-0.25, -0.2) is 14.4 Å². The molecule has 3 rings (SSSR count). The van der Waals surface area contributed by atoms with E-state index in [1.807, 2.05) is 0 Å². The molecule has 6 heteroatoms. The van der Waals surface area contributed by atoms with Crippen molar-refractivity contribution in [3.05, 3.63) is 65.3 Å². The summed E-state index contributed by atoms with van der Waals surface area (Å²) in [7, 11) is 0. The standard InChI is InChI=1S/C21H25FN4O/c22-18-9-5-4-8-17(18)11-14-23-20(27)19-12-15-25-21(26-19)24-13-10-16-6-2-1-3-7-16/h4-6,8-9,12,15H,1-3,7,10-11,13-14H2,(H,23,27)(H,24,25,26). The maximum Gasteiger partial charge on any atom is 0.270 e. The molecule has 0 spiro atoms. The summed E-state index contributed by atoms with van der Waals surface area (Å²) in [4.78, 5) is 20.7. The van der Waals surface area contributed by atoms with Gasteiger partial charge in [0.25, 0.3) is 5.91 Å². The van der Waals surface area contributed by atoms with E-state index >= 15 is 0 Å². The average molecular weight is 368 g/mol. The minimum Gasteiger partial charge on any atom is -0.354 e. The predicted octanol–water partition coefficient (Wildman–Crippen LogP) is 3.89. The third kappa shape index (κ3) is 5.88. The molecule has 1 heterocycles. The van der Waals surface area contributed by atoms with Crippen LogP contribution in [0.3, 0.4) is 0 Å². The fourth-order valence-corrected chi connectivity index (χ4v) is 3.14. The molecule has 0 bridgehead atoms. The zero-order valence-electron chi connectivity index (χ0n) is 15.4. The predicted molar refractivity (Wildman–Crippen MR) is 104 cm³/mol. The van der Waals surface area contributed by atoms with Crippen molar-refractivity contribution in [2.45, 2.75) is 38.5 Å². The van der Waals surface area contributed by atoms with Crippen LogP contribution in [0.5, 0.6) is 0 Å². The van der Waals surface area contributed by atoms with Gasteiger partial charge in [-0.1, -0.05) is 29.8 Å². The summed E-state index contributed by atoms with van der Waals surface area (Å²) < 4.78 is 13.6. The molecule has 2 N–H and O–H groups in total. The van der Waals surface area contributed by atoms with E-state index in [2.05, 4.69) is 26.7 Å². The van der Waals surface area contributed by atoms with Crippen LogP contribution in [0.25, 0.3) is 0 Å². The van der Waals surface area contributed by atoms with Crippen LogP contribution >= 0.6 is 0 Å².